The number of amides is 1. The zero-order valence-corrected chi connectivity index (χ0v) is 16.8. The lowest BCUT2D eigenvalue weighted by molar-refractivity contribution is 0.0777. The number of para-hydroxylation sites is 2. The molecular formula is C24H28N4O. The number of hydrogen-bond donors (Lipinski definition) is 0. The summed E-state index contributed by atoms with van der Waals surface area (Å²) in [5.74, 6) is 0.157. The van der Waals surface area contributed by atoms with E-state index < -0.39 is 0 Å². The third-order valence-corrected chi connectivity index (χ3v) is 6.45. The van der Waals surface area contributed by atoms with Crippen molar-refractivity contribution in [2.75, 3.05) is 26.2 Å². The molecule has 0 bridgehead atoms. The summed E-state index contributed by atoms with van der Waals surface area (Å²) in [5, 5.41) is 0. The van der Waals surface area contributed by atoms with Crippen LogP contribution in [-0.2, 0) is 0 Å². The minimum atomic E-state index is 0.157. The zero-order chi connectivity index (χ0) is 19.6. The minimum absolute atomic E-state index is 0.157. The highest BCUT2D eigenvalue weighted by molar-refractivity contribution is 5.94. The van der Waals surface area contributed by atoms with Crippen molar-refractivity contribution in [2.45, 2.75) is 38.1 Å². The third-order valence-electron chi connectivity index (χ3n) is 6.45. The molecule has 0 aliphatic carbocycles. The standard InChI is InChI=1S/C24H28N4O/c29-24(27-16-13-21(17-27)26-14-5-1-2-6-15-26)19-9-11-20(12-10-19)28-18-25-22-7-3-4-8-23(22)28/h3-4,7-12,18,21H,1-2,5-6,13-17H2/t21-/m0/s1. The molecule has 2 saturated heterocycles. The quantitative estimate of drug-likeness (QED) is 0.678. The Balaban J connectivity index is 1.28. The zero-order valence-electron chi connectivity index (χ0n) is 16.8. The lowest BCUT2D eigenvalue weighted by Gasteiger charge is -2.27. The maximum absolute atomic E-state index is 13.0. The molecule has 0 saturated carbocycles. The monoisotopic (exact) mass is 388 g/mol. The number of benzene rings is 2. The van der Waals surface area contributed by atoms with Gasteiger partial charge >= 0.3 is 0 Å². The number of imidazole rings is 1. The number of hydrogen-bond acceptors (Lipinski definition) is 3. The van der Waals surface area contributed by atoms with E-state index in [4.69, 9.17) is 0 Å². The maximum Gasteiger partial charge on any atom is 0.253 e. The minimum Gasteiger partial charge on any atom is -0.337 e. The van der Waals surface area contributed by atoms with E-state index in [1.165, 1.54) is 38.8 Å². The summed E-state index contributed by atoms with van der Waals surface area (Å²) in [5.41, 5.74) is 3.85. The second-order valence-corrected chi connectivity index (χ2v) is 8.29. The van der Waals surface area contributed by atoms with Crippen molar-refractivity contribution in [1.82, 2.24) is 19.4 Å². The molecule has 0 unspecified atom stereocenters. The van der Waals surface area contributed by atoms with Crippen molar-refractivity contribution in [3.05, 3.63) is 60.4 Å². The van der Waals surface area contributed by atoms with Crippen LogP contribution in [0.2, 0.25) is 0 Å². The molecule has 5 rings (SSSR count). The highest BCUT2D eigenvalue weighted by Crippen LogP contribution is 2.23. The molecule has 1 atom stereocenters. The van der Waals surface area contributed by atoms with E-state index in [0.717, 1.165) is 41.8 Å². The molecule has 2 aliphatic rings. The largest absolute Gasteiger partial charge is 0.337 e. The first kappa shape index (κ1) is 18.4. The molecule has 1 amide bonds. The number of nitrogens with zero attached hydrogens (tertiary/aromatic N) is 4. The van der Waals surface area contributed by atoms with Gasteiger partial charge in [0.05, 0.1) is 11.0 Å². The first-order valence-corrected chi connectivity index (χ1v) is 10.9. The Morgan fingerprint density at radius 3 is 2.45 bits per heavy atom. The average molecular weight is 389 g/mol. The van der Waals surface area contributed by atoms with Gasteiger partial charge in [0.25, 0.3) is 5.91 Å². The van der Waals surface area contributed by atoms with Gasteiger partial charge in [0, 0.05) is 30.4 Å². The Labute approximate surface area is 171 Å². The number of carbonyl (C=O) groups excluding carboxylic acids is 1. The predicted molar refractivity (Wildman–Crippen MR) is 115 cm³/mol. The van der Waals surface area contributed by atoms with Crippen LogP contribution in [-0.4, -0.2) is 57.5 Å². The number of likely N-dealkylation sites (tertiary alicyclic amines) is 2. The Hall–Kier alpha value is -2.66. The molecule has 5 heteroatoms. The van der Waals surface area contributed by atoms with Crippen LogP contribution in [0.15, 0.2) is 54.9 Å². The van der Waals surface area contributed by atoms with Gasteiger partial charge in [-0.3, -0.25) is 14.3 Å². The van der Waals surface area contributed by atoms with Crippen molar-refractivity contribution in [3.63, 3.8) is 0 Å². The number of carbonyl (C=O) groups is 1. The normalized spacial score (nSPS) is 20.8. The van der Waals surface area contributed by atoms with Gasteiger partial charge in [0.15, 0.2) is 0 Å². The number of rotatable bonds is 3. The predicted octanol–water partition coefficient (Wildman–Crippen LogP) is 4.12. The summed E-state index contributed by atoms with van der Waals surface area (Å²) in [7, 11) is 0. The molecule has 2 fully saturated rings. The molecular weight excluding hydrogens is 360 g/mol. The van der Waals surface area contributed by atoms with E-state index in [1.807, 2.05) is 53.7 Å². The van der Waals surface area contributed by atoms with Crippen LogP contribution in [0, 0.1) is 0 Å². The topological polar surface area (TPSA) is 41.4 Å². The van der Waals surface area contributed by atoms with Gasteiger partial charge in [0.2, 0.25) is 0 Å². The molecule has 3 heterocycles. The van der Waals surface area contributed by atoms with Crippen LogP contribution in [0.4, 0.5) is 0 Å². The molecule has 0 radical (unpaired) electrons. The molecule has 0 spiro atoms. The summed E-state index contributed by atoms with van der Waals surface area (Å²) in [6, 6.07) is 16.6. The molecule has 29 heavy (non-hydrogen) atoms. The van der Waals surface area contributed by atoms with E-state index in [9.17, 15) is 4.79 Å². The summed E-state index contributed by atoms with van der Waals surface area (Å²) in [6.07, 6.45) is 8.25. The van der Waals surface area contributed by atoms with E-state index in [1.54, 1.807) is 0 Å². The first-order valence-electron chi connectivity index (χ1n) is 10.9. The lowest BCUT2D eigenvalue weighted by Crippen LogP contribution is -2.39. The highest BCUT2D eigenvalue weighted by Gasteiger charge is 2.31. The van der Waals surface area contributed by atoms with E-state index in [0.29, 0.717) is 6.04 Å². The molecule has 150 valence electrons. The first-order chi connectivity index (χ1) is 14.3. The molecule has 0 N–H and O–H groups in total. The van der Waals surface area contributed by atoms with Crippen LogP contribution in [0.1, 0.15) is 42.5 Å². The third kappa shape index (κ3) is 3.67. The molecule has 1 aromatic heterocycles. The molecule has 2 aliphatic heterocycles. The number of aromatic nitrogens is 2. The van der Waals surface area contributed by atoms with Crippen molar-refractivity contribution in [1.29, 1.82) is 0 Å². The average Bonchev–Trinajstić information content (AvgIpc) is 3.34. The van der Waals surface area contributed by atoms with Crippen LogP contribution in [0.5, 0.6) is 0 Å². The van der Waals surface area contributed by atoms with E-state index in [2.05, 4.69) is 20.5 Å². The van der Waals surface area contributed by atoms with Gasteiger partial charge in [-0.1, -0.05) is 25.0 Å². The summed E-state index contributed by atoms with van der Waals surface area (Å²) < 4.78 is 2.06. The van der Waals surface area contributed by atoms with Gasteiger partial charge in [-0.05, 0) is 68.8 Å². The Morgan fingerprint density at radius 1 is 0.897 bits per heavy atom. The Bertz CT molecular complexity index is 986. The fourth-order valence-electron chi connectivity index (χ4n) is 4.80. The summed E-state index contributed by atoms with van der Waals surface area (Å²) in [4.78, 5) is 22.2. The molecule has 3 aromatic rings. The molecule has 2 aromatic carbocycles. The smallest absolute Gasteiger partial charge is 0.253 e. The second-order valence-electron chi connectivity index (χ2n) is 8.29. The fraction of sp³-hybridized carbons (Fsp3) is 0.417. The highest BCUT2D eigenvalue weighted by atomic mass is 16.2. The Kier molecular flexibility index (Phi) is 5.06. The number of fused-ring (bicyclic) bond motifs is 1. The summed E-state index contributed by atoms with van der Waals surface area (Å²) in [6.45, 7) is 4.13. The van der Waals surface area contributed by atoms with Gasteiger partial charge < -0.3 is 4.90 Å². The Morgan fingerprint density at radius 2 is 1.66 bits per heavy atom. The fourth-order valence-corrected chi connectivity index (χ4v) is 4.80. The van der Waals surface area contributed by atoms with Crippen molar-refractivity contribution >= 4 is 16.9 Å². The van der Waals surface area contributed by atoms with Gasteiger partial charge in [-0.25, -0.2) is 4.98 Å². The van der Waals surface area contributed by atoms with Crippen LogP contribution in [0.3, 0.4) is 0 Å². The summed E-state index contributed by atoms with van der Waals surface area (Å²) >= 11 is 0. The second kappa shape index (κ2) is 7.99. The van der Waals surface area contributed by atoms with Crippen LogP contribution < -0.4 is 0 Å². The van der Waals surface area contributed by atoms with Crippen LogP contribution in [0.25, 0.3) is 16.7 Å². The van der Waals surface area contributed by atoms with Crippen molar-refractivity contribution in [3.8, 4) is 5.69 Å². The maximum atomic E-state index is 13.0. The molecule has 5 nitrogen and oxygen atoms in total. The van der Waals surface area contributed by atoms with Gasteiger partial charge in [-0.15, -0.1) is 0 Å². The van der Waals surface area contributed by atoms with E-state index in [-0.39, 0.29) is 5.91 Å². The SMILES string of the molecule is O=C(c1ccc(-n2cnc3ccccc32)cc1)N1CC[C@H](N2CCCCCC2)C1. The van der Waals surface area contributed by atoms with Gasteiger partial charge in [-0.2, -0.15) is 0 Å². The van der Waals surface area contributed by atoms with Crippen molar-refractivity contribution < 1.29 is 4.79 Å². The van der Waals surface area contributed by atoms with E-state index >= 15 is 0 Å². The van der Waals surface area contributed by atoms with Crippen molar-refractivity contribution in [2.24, 2.45) is 0 Å². The van der Waals surface area contributed by atoms with Crippen LogP contribution >= 0.6 is 0 Å². The lowest BCUT2D eigenvalue weighted by atomic mass is 10.1. The van der Waals surface area contributed by atoms with Gasteiger partial charge in [0.1, 0.15) is 6.33 Å².